The Kier molecular flexibility index (Phi) is 5.57. The fraction of sp³-hybridized carbons (Fsp3) is 0. The highest BCUT2D eigenvalue weighted by atomic mass is 16.3. The first kappa shape index (κ1) is 26.0. The largest absolute Gasteiger partial charge is 0.456 e. The minimum atomic E-state index is 0.873. The Bertz CT molecular complexity index is 2810. The van der Waals surface area contributed by atoms with Gasteiger partial charge in [0.25, 0.3) is 0 Å². The van der Waals surface area contributed by atoms with Gasteiger partial charge in [0.05, 0.1) is 0 Å². The quantitative estimate of drug-likeness (QED) is 0.201. The van der Waals surface area contributed by atoms with E-state index < -0.39 is 0 Å². The van der Waals surface area contributed by atoms with Crippen molar-refractivity contribution in [3.05, 3.63) is 164 Å². The van der Waals surface area contributed by atoms with Crippen LogP contribution in [0.15, 0.2) is 173 Å². The molecule has 2 aromatic heterocycles. The van der Waals surface area contributed by atoms with Gasteiger partial charge >= 0.3 is 0 Å². The standard InChI is InChI=1S/C44H27NO2/c1-2-12-33(13-3-1)45(35-19-21-37-39-25-29-9-4-5-10-30(29)26-42(39)47-43(37)27-35)34-14-8-11-28(24-34)31-17-20-36-32(23-31)18-22-41-44(36)38-15-6-7-16-40(38)46-41/h1-27H. The van der Waals surface area contributed by atoms with E-state index in [2.05, 4.69) is 157 Å². The van der Waals surface area contributed by atoms with Gasteiger partial charge in [-0.05, 0) is 99.4 Å². The molecule has 0 amide bonds. The molecule has 0 atom stereocenters. The Hall–Kier alpha value is -6.32. The van der Waals surface area contributed by atoms with Crippen molar-refractivity contribution in [2.24, 2.45) is 0 Å². The van der Waals surface area contributed by atoms with Gasteiger partial charge in [-0.3, -0.25) is 0 Å². The minimum Gasteiger partial charge on any atom is -0.456 e. The van der Waals surface area contributed by atoms with Crippen molar-refractivity contribution in [3.8, 4) is 11.1 Å². The van der Waals surface area contributed by atoms with Crippen molar-refractivity contribution in [2.75, 3.05) is 4.90 Å². The summed E-state index contributed by atoms with van der Waals surface area (Å²) in [6, 6.07) is 57.9. The fourth-order valence-corrected chi connectivity index (χ4v) is 7.17. The summed E-state index contributed by atoms with van der Waals surface area (Å²) in [5.41, 5.74) is 9.13. The molecule has 10 aromatic rings. The lowest BCUT2D eigenvalue weighted by molar-refractivity contribution is 0.669. The van der Waals surface area contributed by atoms with Crippen molar-refractivity contribution in [1.29, 1.82) is 0 Å². The van der Waals surface area contributed by atoms with Crippen LogP contribution >= 0.6 is 0 Å². The Balaban J connectivity index is 1.10. The summed E-state index contributed by atoms with van der Waals surface area (Å²) in [4.78, 5) is 2.30. The molecule has 0 aliphatic heterocycles. The van der Waals surface area contributed by atoms with Crippen molar-refractivity contribution in [2.45, 2.75) is 0 Å². The molecule has 0 saturated heterocycles. The lowest BCUT2D eigenvalue weighted by atomic mass is 9.98. The molecule has 0 aliphatic carbocycles. The second kappa shape index (κ2) is 10.1. The predicted molar refractivity (Wildman–Crippen MR) is 196 cm³/mol. The number of benzene rings is 8. The summed E-state index contributed by atoms with van der Waals surface area (Å²) in [5, 5.41) is 9.35. The summed E-state index contributed by atoms with van der Waals surface area (Å²) < 4.78 is 12.6. The van der Waals surface area contributed by atoms with E-state index >= 15 is 0 Å². The number of furan rings is 2. The predicted octanol–water partition coefficient (Wildman–Crippen LogP) is 12.9. The van der Waals surface area contributed by atoms with Gasteiger partial charge in [0.2, 0.25) is 0 Å². The van der Waals surface area contributed by atoms with E-state index in [9.17, 15) is 0 Å². The first-order chi connectivity index (χ1) is 23.3. The zero-order valence-electron chi connectivity index (χ0n) is 25.4. The van der Waals surface area contributed by atoms with Gasteiger partial charge in [-0.2, -0.15) is 0 Å². The molecule has 0 saturated carbocycles. The molecular formula is C44H27NO2. The maximum atomic E-state index is 6.48. The molecule has 47 heavy (non-hydrogen) atoms. The molecule has 3 heteroatoms. The first-order valence-electron chi connectivity index (χ1n) is 15.9. The molecule has 0 fully saturated rings. The third-order valence-electron chi connectivity index (χ3n) is 9.39. The van der Waals surface area contributed by atoms with Crippen molar-refractivity contribution in [1.82, 2.24) is 0 Å². The van der Waals surface area contributed by atoms with E-state index in [1.165, 1.54) is 32.5 Å². The molecule has 220 valence electrons. The maximum Gasteiger partial charge on any atom is 0.137 e. The maximum absolute atomic E-state index is 6.48. The summed E-state index contributed by atoms with van der Waals surface area (Å²) in [6.45, 7) is 0. The molecule has 0 bridgehead atoms. The van der Waals surface area contributed by atoms with Crippen LogP contribution in [-0.2, 0) is 0 Å². The molecule has 0 unspecified atom stereocenters. The number of para-hydroxylation sites is 2. The Morgan fingerprint density at radius 3 is 1.94 bits per heavy atom. The number of nitrogens with zero attached hydrogens (tertiary/aromatic N) is 1. The van der Waals surface area contributed by atoms with Gasteiger partial charge in [0, 0.05) is 44.7 Å². The monoisotopic (exact) mass is 601 g/mol. The zero-order valence-corrected chi connectivity index (χ0v) is 25.4. The van der Waals surface area contributed by atoms with E-state index in [0.29, 0.717) is 0 Å². The minimum absolute atomic E-state index is 0.873. The number of hydrogen-bond donors (Lipinski definition) is 0. The lowest BCUT2D eigenvalue weighted by Crippen LogP contribution is -2.09. The summed E-state index contributed by atoms with van der Waals surface area (Å²) >= 11 is 0. The van der Waals surface area contributed by atoms with Crippen LogP contribution < -0.4 is 4.90 Å². The molecule has 10 rings (SSSR count). The van der Waals surface area contributed by atoms with Crippen molar-refractivity contribution < 1.29 is 8.83 Å². The number of fused-ring (bicyclic) bond motifs is 9. The summed E-state index contributed by atoms with van der Waals surface area (Å²) in [6.07, 6.45) is 0. The van der Waals surface area contributed by atoms with Gasteiger partial charge in [0.15, 0.2) is 0 Å². The van der Waals surface area contributed by atoms with E-state index in [0.717, 1.165) is 61.1 Å². The van der Waals surface area contributed by atoms with E-state index in [-0.39, 0.29) is 0 Å². The lowest BCUT2D eigenvalue weighted by Gasteiger charge is -2.26. The van der Waals surface area contributed by atoms with Crippen LogP contribution in [0.1, 0.15) is 0 Å². The zero-order chi connectivity index (χ0) is 30.9. The molecule has 0 aliphatic rings. The van der Waals surface area contributed by atoms with Gasteiger partial charge < -0.3 is 13.7 Å². The molecule has 0 radical (unpaired) electrons. The highest BCUT2D eigenvalue weighted by molar-refractivity contribution is 6.19. The van der Waals surface area contributed by atoms with Crippen LogP contribution in [0.5, 0.6) is 0 Å². The Morgan fingerprint density at radius 1 is 0.319 bits per heavy atom. The first-order valence-corrected chi connectivity index (χ1v) is 15.9. The molecular weight excluding hydrogens is 574 g/mol. The van der Waals surface area contributed by atoms with Crippen LogP contribution in [0, 0.1) is 0 Å². The van der Waals surface area contributed by atoms with Gasteiger partial charge in [0.1, 0.15) is 22.3 Å². The normalized spacial score (nSPS) is 11.8. The molecule has 0 N–H and O–H groups in total. The third kappa shape index (κ3) is 4.14. The van der Waals surface area contributed by atoms with Crippen molar-refractivity contribution >= 4 is 82.5 Å². The smallest absolute Gasteiger partial charge is 0.137 e. The summed E-state index contributed by atoms with van der Waals surface area (Å²) in [5.74, 6) is 0. The fourth-order valence-electron chi connectivity index (χ4n) is 7.17. The van der Waals surface area contributed by atoms with Crippen molar-refractivity contribution in [3.63, 3.8) is 0 Å². The second-order valence-electron chi connectivity index (χ2n) is 12.2. The molecule has 8 aromatic carbocycles. The topological polar surface area (TPSA) is 29.5 Å². The van der Waals surface area contributed by atoms with Crippen LogP contribution in [0.3, 0.4) is 0 Å². The second-order valence-corrected chi connectivity index (χ2v) is 12.2. The Labute approximate surface area is 270 Å². The third-order valence-corrected chi connectivity index (χ3v) is 9.39. The van der Waals surface area contributed by atoms with Crippen LogP contribution in [0.25, 0.3) is 76.5 Å². The van der Waals surface area contributed by atoms with Crippen LogP contribution in [-0.4, -0.2) is 0 Å². The van der Waals surface area contributed by atoms with Gasteiger partial charge in [-0.25, -0.2) is 0 Å². The number of anilines is 3. The SMILES string of the molecule is c1ccc(N(c2cccc(-c3ccc4c(ccc5oc6ccccc6c54)c3)c2)c2ccc3c(c2)oc2cc4ccccc4cc23)cc1. The van der Waals surface area contributed by atoms with Crippen LogP contribution in [0.4, 0.5) is 17.1 Å². The van der Waals surface area contributed by atoms with E-state index in [1.807, 2.05) is 12.1 Å². The average molecular weight is 602 g/mol. The number of rotatable bonds is 4. The molecule has 2 heterocycles. The Morgan fingerprint density at radius 2 is 1.02 bits per heavy atom. The van der Waals surface area contributed by atoms with Gasteiger partial charge in [-0.1, -0.05) is 91.0 Å². The van der Waals surface area contributed by atoms with E-state index in [4.69, 9.17) is 8.83 Å². The average Bonchev–Trinajstić information content (AvgIpc) is 3.69. The van der Waals surface area contributed by atoms with E-state index in [1.54, 1.807) is 0 Å². The molecule has 3 nitrogen and oxygen atoms in total. The van der Waals surface area contributed by atoms with Crippen LogP contribution in [0.2, 0.25) is 0 Å². The summed E-state index contributed by atoms with van der Waals surface area (Å²) in [7, 11) is 0. The number of hydrogen-bond acceptors (Lipinski definition) is 3. The molecule has 0 spiro atoms. The highest BCUT2D eigenvalue weighted by Crippen LogP contribution is 2.41. The highest BCUT2D eigenvalue weighted by Gasteiger charge is 2.17. The van der Waals surface area contributed by atoms with Gasteiger partial charge in [-0.15, -0.1) is 0 Å².